The molecule has 0 atom stereocenters. The summed E-state index contributed by atoms with van der Waals surface area (Å²) >= 11 is 0. The van der Waals surface area contributed by atoms with Gasteiger partial charge in [0.15, 0.2) is 0 Å². The van der Waals surface area contributed by atoms with Gasteiger partial charge in [-0.2, -0.15) is 0 Å². The number of allylic oxidation sites excluding steroid dienone is 1. The van der Waals surface area contributed by atoms with Gasteiger partial charge in [-0.05, 0) is 0 Å². The van der Waals surface area contributed by atoms with Crippen LogP contribution in [0.15, 0.2) is 12.7 Å². The third kappa shape index (κ3) is 3.11. The highest BCUT2D eigenvalue weighted by Crippen LogP contribution is 1.99. The Balaban J connectivity index is 3.53. The number of hydrogen-bond acceptors (Lipinski definition) is 3. The van der Waals surface area contributed by atoms with Crippen molar-refractivity contribution >= 4 is 19.3 Å². The molecular formula is C3H10O3Si2. The van der Waals surface area contributed by atoms with Crippen LogP contribution in [0.4, 0.5) is 0 Å². The summed E-state index contributed by atoms with van der Waals surface area (Å²) < 4.78 is 4.50. The maximum absolute atomic E-state index is 8.76. The zero-order valence-corrected chi connectivity index (χ0v) is 7.79. The molecule has 0 spiro atoms. The highest BCUT2D eigenvalue weighted by molar-refractivity contribution is 6.61. The average Bonchev–Trinajstić information content (AvgIpc) is 1.67. The summed E-state index contributed by atoms with van der Waals surface area (Å²) in [6.07, 6.45) is 1.45. The molecule has 0 aromatic rings. The zero-order chi connectivity index (χ0) is 6.62. The Bertz CT molecular complexity index is 82.6. The van der Waals surface area contributed by atoms with E-state index in [4.69, 9.17) is 9.59 Å². The molecule has 0 saturated carbocycles. The van der Waals surface area contributed by atoms with E-state index in [1.165, 1.54) is 6.08 Å². The smallest absolute Gasteiger partial charge is 0.424 e. The Morgan fingerprint density at radius 1 is 1.75 bits per heavy atom. The quantitative estimate of drug-likeness (QED) is 0.376. The highest BCUT2D eigenvalue weighted by Gasteiger charge is 2.26. The topological polar surface area (TPSA) is 49.7 Å². The minimum Gasteiger partial charge on any atom is -0.424 e. The molecule has 0 heterocycles. The Morgan fingerprint density at radius 2 is 2.25 bits per heavy atom. The Hall–Kier alpha value is 0.0538. The molecule has 0 radical (unpaired) electrons. The van der Waals surface area contributed by atoms with Gasteiger partial charge < -0.3 is 13.7 Å². The van der Waals surface area contributed by atoms with Crippen molar-refractivity contribution < 1.29 is 13.7 Å². The maximum Gasteiger partial charge on any atom is 0.488 e. The molecule has 8 heavy (non-hydrogen) atoms. The minimum absolute atomic E-state index is 0.191. The predicted molar refractivity (Wildman–Crippen MR) is 36.2 cm³/mol. The monoisotopic (exact) mass is 150 g/mol. The second-order valence-corrected chi connectivity index (χ2v) is 4.97. The minimum atomic E-state index is -3.23. The molecule has 0 bridgehead atoms. The van der Waals surface area contributed by atoms with Gasteiger partial charge in [0.2, 0.25) is 0 Å². The Labute approximate surface area is 52.5 Å². The lowest BCUT2D eigenvalue weighted by Crippen LogP contribution is -2.36. The van der Waals surface area contributed by atoms with Crippen LogP contribution in [0.25, 0.3) is 0 Å². The molecule has 48 valence electrons. The molecule has 0 aliphatic carbocycles. The summed E-state index contributed by atoms with van der Waals surface area (Å²) in [7, 11) is -2.86. The van der Waals surface area contributed by atoms with E-state index in [1.54, 1.807) is 0 Å². The van der Waals surface area contributed by atoms with Crippen molar-refractivity contribution in [3.63, 3.8) is 0 Å². The largest absolute Gasteiger partial charge is 0.488 e. The van der Waals surface area contributed by atoms with Crippen LogP contribution in [0.2, 0.25) is 6.04 Å². The SMILES string of the molecule is C=CC[Si](O)(O)O[SiH3]. The molecule has 0 aromatic heterocycles. The lowest BCUT2D eigenvalue weighted by Gasteiger charge is -2.11. The van der Waals surface area contributed by atoms with Crippen molar-refractivity contribution in [2.75, 3.05) is 0 Å². The lowest BCUT2D eigenvalue weighted by atomic mass is 10.8. The fraction of sp³-hybridized carbons (Fsp3) is 0.333. The van der Waals surface area contributed by atoms with Crippen molar-refractivity contribution in [1.82, 2.24) is 0 Å². The highest BCUT2D eigenvalue weighted by atomic mass is 28.4. The second-order valence-electron chi connectivity index (χ2n) is 1.44. The van der Waals surface area contributed by atoms with Gasteiger partial charge in [0.05, 0.1) is 0 Å². The fourth-order valence-corrected chi connectivity index (χ4v) is 1.31. The van der Waals surface area contributed by atoms with E-state index in [1.807, 2.05) is 0 Å². The molecule has 0 aromatic carbocycles. The van der Waals surface area contributed by atoms with Gasteiger partial charge in [0.25, 0.3) is 0 Å². The first-order chi connectivity index (χ1) is 3.62. The summed E-state index contributed by atoms with van der Waals surface area (Å²) in [6.45, 7) is 3.34. The standard InChI is InChI=1S/C3H10O3Si2/c1-2-3-8(4,5)6-7/h2,4-5H,1,3H2,7H3. The maximum atomic E-state index is 8.76. The van der Waals surface area contributed by atoms with Crippen molar-refractivity contribution in [2.24, 2.45) is 0 Å². The van der Waals surface area contributed by atoms with Crippen molar-refractivity contribution in [1.29, 1.82) is 0 Å². The molecule has 0 rings (SSSR count). The average molecular weight is 150 g/mol. The third-order valence-corrected chi connectivity index (χ3v) is 4.17. The predicted octanol–water partition coefficient (Wildman–Crippen LogP) is -1.61. The van der Waals surface area contributed by atoms with Crippen LogP contribution in [0.3, 0.4) is 0 Å². The van der Waals surface area contributed by atoms with E-state index in [-0.39, 0.29) is 6.04 Å². The van der Waals surface area contributed by atoms with Crippen molar-refractivity contribution in [3.8, 4) is 0 Å². The summed E-state index contributed by atoms with van der Waals surface area (Å²) in [6, 6.07) is 0.191. The fourth-order valence-electron chi connectivity index (χ4n) is 0.271. The third-order valence-electron chi connectivity index (χ3n) is 0.737. The molecule has 0 aliphatic heterocycles. The van der Waals surface area contributed by atoms with Crippen molar-refractivity contribution in [2.45, 2.75) is 6.04 Å². The Morgan fingerprint density at radius 3 is 2.38 bits per heavy atom. The molecule has 5 heteroatoms. The van der Waals surface area contributed by atoms with Gasteiger partial charge in [-0.3, -0.25) is 0 Å². The van der Waals surface area contributed by atoms with Crippen LogP contribution in [-0.4, -0.2) is 28.9 Å². The first-order valence-corrected chi connectivity index (χ1v) is 5.06. The first-order valence-electron chi connectivity index (χ1n) is 2.23. The molecule has 0 aliphatic rings. The van der Waals surface area contributed by atoms with Crippen LogP contribution in [0, 0.1) is 0 Å². The van der Waals surface area contributed by atoms with Crippen LogP contribution in [0.1, 0.15) is 0 Å². The zero-order valence-electron chi connectivity index (χ0n) is 4.79. The van der Waals surface area contributed by atoms with Crippen LogP contribution in [0.5, 0.6) is 0 Å². The van der Waals surface area contributed by atoms with E-state index < -0.39 is 8.80 Å². The molecule has 0 saturated heterocycles. The van der Waals surface area contributed by atoms with E-state index >= 15 is 0 Å². The number of rotatable bonds is 3. The van der Waals surface area contributed by atoms with Gasteiger partial charge in [-0.15, -0.1) is 6.58 Å². The normalized spacial score (nSPS) is 11.8. The summed E-state index contributed by atoms with van der Waals surface area (Å²) in [5, 5.41) is 0. The van der Waals surface area contributed by atoms with Crippen LogP contribution >= 0.6 is 0 Å². The van der Waals surface area contributed by atoms with Gasteiger partial charge in [0.1, 0.15) is 10.5 Å². The molecule has 0 unspecified atom stereocenters. The molecule has 0 amide bonds. The van der Waals surface area contributed by atoms with Gasteiger partial charge in [-0.25, -0.2) is 0 Å². The van der Waals surface area contributed by atoms with Crippen LogP contribution < -0.4 is 0 Å². The molecule has 0 fully saturated rings. The van der Waals surface area contributed by atoms with Crippen LogP contribution in [-0.2, 0) is 4.12 Å². The first kappa shape index (κ1) is 8.05. The number of hydrogen-bond donors (Lipinski definition) is 2. The van der Waals surface area contributed by atoms with Crippen molar-refractivity contribution in [3.05, 3.63) is 12.7 Å². The Kier molecular flexibility index (Phi) is 3.17. The van der Waals surface area contributed by atoms with Gasteiger partial charge in [-0.1, -0.05) is 6.08 Å². The van der Waals surface area contributed by atoms with E-state index in [9.17, 15) is 0 Å². The molecule has 2 N–H and O–H groups in total. The van der Waals surface area contributed by atoms with Gasteiger partial charge >= 0.3 is 8.80 Å². The van der Waals surface area contributed by atoms with E-state index in [2.05, 4.69) is 10.7 Å². The summed E-state index contributed by atoms with van der Waals surface area (Å²) in [5.41, 5.74) is 0. The van der Waals surface area contributed by atoms with Gasteiger partial charge in [0, 0.05) is 6.04 Å². The molecule has 3 nitrogen and oxygen atoms in total. The molecular weight excluding hydrogens is 140 g/mol. The lowest BCUT2D eigenvalue weighted by molar-refractivity contribution is 0.254. The second kappa shape index (κ2) is 3.15. The summed E-state index contributed by atoms with van der Waals surface area (Å²) in [5.74, 6) is 0. The van der Waals surface area contributed by atoms with E-state index in [0.29, 0.717) is 10.5 Å². The summed E-state index contributed by atoms with van der Waals surface area (Å²) in [4.78, 5) is 17.5. The van der Waals surface area contributed by atoms with E-state index in [0.717, 1.165) is 0 Å².